The number of nitrogens with zero attached hydrogens (tertiary/aromatic N) is 2. The Hall–Kier alpha value is -0.910. The third-order valence-corrected chi connectivity index (χ3v) is 4.30. The van der Waals surface area contributed by atoms with Crippen LogP contribution in [-0.4, -0.2) is 43.5 Å². The van der Waals surface area contributed by atoms with Crippen LogP contribution in [0.15, 0.2) is 22.7 Å². The molecule has 1 unspecified atom stereocenters. The van der Waals surface area contributed by atoms with Crippen LogP contribution in [0.1, 0.15) is 5.56 Å². The van der Waals surface area contributed by atoms with Gasteiger partial charge in [-0.1, -0.05) is 22.0 Å². The van der Waals surface area contributed by atoms with E-state index in [2.05, 4.69) is 15.9 Å². The van der Waals surface area contributed by atoms with Gasteiger partial charge in [0.05, 0.1) is 6.54 Å². The van der Waals surface area contributed by atoms with Crippen molar-refractivity contribution in [2.45, 2.75) is 13.0 Å². The molecule has 98 valence electrons. The molecule has 1 aliphatic rings. The van der Waals surface area contributed by atoms with Gasteiger partial charge >= 0.3 is 0 Å². The number of hydrogen-bond acceptors (Lipinski definition) is 3. The lowest BCUT2D eigenvalue weighted by Crippen LogP contribution is -2.57. The summed E-state index contributed by atoms with van der Waals surface area (Å²) < 4.78 is 1.02. The molecule has 18 heavy (non-hydrogen) atoms. The van der Waals surface area contributed by atoms with Gasteiger partial charge in [0.2, 0.25) is 5.91 Å². The number of anilines is 1. The lowest BCUT2D eigenvalue weighted by Gasteiger charge is -2.38. The van der Waals surface area contributed by atoms with Crippen molar-refractivity contribution in [1.29, 1.82) is 0 Å². The van der Waals surface area contributed by atoms with E-state index >= 15 is 0 Å². The summed E-state index contributed by atoms with van der Waals surface area (Å²) in [5.74, 6) is 0.123. The van der Waals surface area contributed by atoms with Crippen LogP contribution in [0.25, 0.3) is 0 Å². The number of likely N-dealkylation sites (N-methyl/N-ethyl adjacent to an activating group) is 1. The van der Waals surface area contributed by atoms with Gasteiger partial charge in [-0.25, -0.2) is 0 Å². The predicted octanol–water partition coefficient (Wildman–Crippen LogP) is 1.36. The van der Waals surface area contributed by atoms with Crippen LogP contribution in [0, 0.1) is 6.92 Å². The second-order valence-electron chi connectivity index (χ2n) is 4.74. The third kappa shape index (κ3) is 2.58. The summed E-state index contributed by atoms with van der Waals surface area (Å²) in [6, 6.07) is 6.22. The number of piperazine rings is 1. The molecule has 0 spiro atoms. The zero-order chi connectivity index (χ0) is 13.3. The van der Waals surface area contributed by atoms with Crippen molar-refractivity contribution < 1.29 is 4.79 Å². The molecule has 2 rings (SSSR count). The Morgan fingerprint density at radius 1 is 1.50 bits per heavy atom. The van der Waals surface area contributed by atoms with Crippen molar-refractivity contribution in [2.75, 3.05) is 31.6 Å². The molecule has 0 aliphatic carbocycles. The molecule has 1 saturated heterocycles. The highest BCUT2D eigenvalue weighted by molar-refractivity contribution is 9.10. The maximum absolute atomic E-state index is 12.1. The topological polar surface area (TPSA) is 49.6 Å². The molecular formula is C13H18BrN3O. The fraction of sp³-hybridized carbons (Fsp3) is 0.462. The molecule has 1 aliphatic heterocycles. The van der Waals surface area contributed by atoms with Gasteiger partial charge in [0.1, 0.15) is 0 Å². The van der Waals surface area contributed by atoms with Crippen molar-refractivity contribution in [1.82, 2.24) is 4.90 Å². The van der Waals surface area contributed by atoms with E-state index in [0.29, 0.717) is 19.6 Å². The minimum absolute atomic E-state index is 0.123. The van der Waals surface area contributed by atoms with Crippen molar-refractivity contribution in [3.63, 3.8) is 0 Å². The maximum atomic E-state index is 12.1. The molecule has 1 aromatic rings. The molecule has 1 heterocycles. The van der Waals surface area contributed by atoms with Crippen LogP contribution < -0.4 is 10.6 Å². The Morgan fingerprint density at radius 2 is 2.22 bits per heavy atom. The molecule has 0 bridgehead atoms. The van der Waals surface area contributed by atoms with Gasteiger partial charge in [-0.15, -0.1) is 0 Å². The predicted molar refractivity (Wildman–Crippen MR) is 76.7 cm³/mol. The summed E-state index contributed by atoms with van der Waals surface area (Å²) in [6.07, 6.45) is 0. The van der Waals surface area contributed by atoms with Crippen LogP contribution in [0.4, 0.5) is 5.69 Å². The summed E-state index contributed by atoms with van der Waals surface area (Å²) in [5, 5.41) is 0. The molecule has 1 atom stereocenters. The minimum Gasteiger partial charge on any atom is -0.329 e. The van der Waals surface area contributed by atoms with Crippen molar-refractivity contribution in [3.8, 4) is 0 Å². The standard InChI is InChI=1S/C13H18BrN3O/c1-9-3-4-10(5-12(9)14)17-7-11(6-15)16(2)8-13(17)18/h3-5,11H,6-8,15H2,1-2H3. The summed E-state index contributed by atoms with van der Waals surface area (Å²) in [5.41, 5.74) is 7.84. The molecule has 0 aromatic heterocycles. The summed E-state index contributed by atoms with van der Waals surface area (Å²) >= 11 is 3.50. The van der Waals surface area contributed by atoms with E-state index in [-0.39, 0.29) is 11.9 Å². The first-order valence-corrected chi connectivity index (χ1v) is 6.79. The van der Waals surface area contributed by atoms with Crippen LogP contribution in [0.2, 0.25) is 0 Å². The molecule has 0 radical (unpaired) electrons. The van der Waals surface area contributed by atoms with Gasteiger partial charge in [0, 0.05) is 29.3 Å². The molecular weight excluding hydrogens is 294 g/mol. The van der Waals surface area contributed by atoms with Gasteiger partial charge in [0.15, 0.2) is 0 Å². The molecule has 0 saturated carbocycles. The number of carbonyl (C=O) groups excluding carboxylic acids is 1. The first kappa shape index (κ1) is 13.5. The van der Waals surface area contributed by atoms with Gasteiger partial charge in [0.25, 0.3) is 0 Å². The first-order valence-electron chi connectivity index (χ1n) is 5.99. The number of hydrogen-bond donors (Lipinski definition) is 1. The van der Waals surface area contributed by atoms with Crippen molar-refractivity contribution in [2.24, 2.45) is 5.73 Å². The molecule has 2 N–H and O–H groups in total. The van der Waals surface area contributed by atoms with E-state index in [4.69, 9.17) is 5.73 Å². The average Bonchev–Trinajstić information content (AvgIpc) is 2.33. The van der Waals surface area contributed by atoms with E-state index in [1.54, 1.807) is 0 Å². The number of halogens is 1. The Bertz CT molecular complexity index is 464. The quantitative estimate of drug-likeness (QED) is 0.897. The minimum atomic E-state index is 0.123. The summed E-state index contributed by atoms with van der Waals surface area (Å²) in [7, 11) is 1.94. The Kier molecular flexibility index (Phi) is 4.04. The van der Waals surface area contributed by atoms with Crippen LogP contribution in [0.3, 0.4) is 0 Å². The molecule has 1 aromatic carbocycles. The summed E-state index contributed by atoms with van der Waals surface area (Å²) in [4.78, 5) is 15.9. The van der Waals surface area contributed by atoms with Crippen molar-refractivity contribution >= 4 is 27.5 Å². The van der Waals surface area contributed by atoms with E-state index in [1.807, 2.05) is 42.0 Å². The zero-order valence-corrected chi connectivity index (χ0v) is 12.3. The molecule has 5 heteroatoms. The number of aryl methyl sites for hydroxylation is 1. The lowest BCUT2D eigenvalue weighted by molar-refractivity contribution is -0.121. The molecule has 1 fully saturated rings. The highest BCUT2D eigenvalue weighted by atomic mass is 79.9. The fourth-order valence-electron chi connectivity index (χ4n) is 2.13. The number of amides is 1. The first-order chi connectivity index (χ1) is 8.52. The zero-order valence-electron chi connectivity index (χ0n) is 10.7. The van der Waals surface area contributed by atoms with E-state index in [9.17, 15) is 4.79 Å². The summed E-state index contributed by atoms with van der Waals surface area (Å²) in [6.45, 7) is 3.67. The number of benzene rings is 1. The number of rotatable bonds is 2. The van der Waals surface area contributed by atoms with E-state index in [0.717, 1.165) is 15.7 Å². The second kappa shape index (κ2) is 5.38. The van der Waals surface area contributed by atoms with Gasteiger partial charge < -0.3 is 10.6 Å². The highest BCUT2D eigenvalue weighted by Crippen LogP contribution is 2.25. The smallest absolute Gasteiger partial charge is 0.241 e. The largest absolute Gasteiger partial charge is 0.329 e. The monoisotopic (exact) mass is 311 g/mol. The highest BCUT2D eigenvalue weighted by Gasteiger charge is 2.29. The van der Waals surface area contributed by atoms with Gasteiger partial charge in [-0.2, -0.15) is 0 Å². The number of nitrogens with two attached hydrogens (primary N) is 1. The van der Waals surface area contributed by atoms with Gasteiger partial charge in [-0.3, -0.25) is 9.69 Å². The van der Waals surface area contributed by atoms with Crippen LogP contribution >= 0.6 is 15.9 Å². The van der Waals surface area contributed by atoms with Crippen molar-refractivity contribution in [3.05, 3.63) is 28.2 Å². The fourth-order valence-corrected chi connectivity index (χ4v) is 2.50. The SMILES string of the molecule is Cc1ccc(N2CC(CN)N(C)CC2=O)cc1Br. The maximum Gasteiger partial charge on any atom is 0.241 e. The lowest BCUT2D eigenvalue weighted by atomic mass is 10.1. The Balaban J connectivity index is 2.26. The van der Waals surface area contributed by atoms with Crippen LogP contribution in [0.5, 0.6) is 0 Å². The molecule has 4 nitrogen and oxygen atoms in total. The molecule has 1 amide bonds. The van der Waals surface area contributed by atoms with Gasteiger partial charge in [-0.05, 0) is 31.7 Å². The van der Waals surface area contributed by atoms with Crippen LogP contribution in [-0.2, 0) is 4.79 Å². The third-order valence-electron chi connectivity index (χ3n) is 3.44. The normalized spacial score (nSPS) is 21.4. The van der Waals surface area contributed by atoms with E-state index < -0.39 is 0 Å². The number of carbonyl (C=O) groups is 1. The second-order valence-corrected chi connectivity index (χ2v) is 5.60. The average molecular weight is 312 g/mol. The van der Waals surface area contributed by atoms with E-state index in [1.165, 1.54) is 0 Å². The Morgan fingerprint density at radius 3 is 2.83 bits per heavy atom. The Labute approximate surface area is 116 Å².